The molecule has 0 aliphatic carbocycles. The van der Waals surface area contributed by atoms with Gasteiger partial charge in [0.25, 0.3) is 5.91 Å². The van der Waals surface area contributed by atoms with Crippen LogP contribution in [0.1, 0.15) is 30.0 Å². The van der Waals surface area contributed by atoms with E-state index in [0.29, 0.717) is 11.5 Å². The lowest BCUT2D eigenvalue weighted by atomic mass is 10.0. The van der Waals surface area contributed by atoms with Crippen LogP contribution in [-0.4, -0.2) is 22.8 Å². The van der Waals surface area contributed by atoms with Crippen LogP contribution in [0.4, 0.5) is 8.78 Å². The molecule has 2 amide bonds. The first-order chi connectivity index (χ1) is 15.8. The third kappa shape index (κ3) is 4.93. The van der Waals surface area contributed by atoms with Crippen LogP contribution in [0.15, 0.2) is 59.0 Å². The monoisotopic (exact) mass is 469 g/mol. The maximum Gasteiger partial charge on any atom is 0.257 e. The van der Waals surface area contributed by atoms with Crippen LogP contribution < -0.4 is 10.6 Å². The van der Waals surface area contributed by atoms with E-state index in [1.165, 1.54) is 17.4 Å². The topological polar surface area (TPSA) is 84.2 Å². The van der Waals surface area contributed by atoms with E-state index in [9.17, 15) is 18.4 Å². The summed E-state index contributed by atoms with van der Waals surface area (Å²) in [6, 6.07) is 13.4. The molecule has 170 valence electrons. The zero-order valence-corrected chi connectivity index (χ0v) is 18.7. The lowest BCUT2D eigenvalue weighted by Crippen LogP contribution is -2.49. The number of rotatable bonds is 7. The van der Waals surface area contributed by atoms with Gasteiger partial charge in [-0.2, -0.15) is 0 Å². The highest BCUT2D eigenvalue weighted by atomic mass is 32.1. The molecule has 2 N–H and O–H groups in total. The summed E-state index contributed by atoms with van der Waals surface area (Å²) >= 11 is 1.50. The van der Waals surface area contributed by atoms with Crippen molar-refractivity contribution < 1.29 is 22.8 Å². The molecule has 0 aliphatic heterocycles. The van der Waals surface area contributed by atoms with Gasteiger partial charge in [0.05, 0.1) is 16.8 Å². The summed E-state index contributed by atoms with van der Waals surface area (Å²) in [7, 11) is 0. The van der Waals surface area contributed by atoms with Crippen molar-refractivity contribution in [1.29, 1.82) is 0 Å². The van der Waals surface area contributed by atoms with Gasteiger partial charge in [0.15, 0.2) is 10.8 Å². The number of aromatic nitrogens is 1. The van der Waals surface area contributed by atoms with Gasteiger partial charge in [0.2, 0.25) is 5.91 Å². The number of furan rings is 1. The van der Waals surface area contributed by atoms with Crippen molar-refractivity contribution in [2.45, 2.75) is 26.4 Å². The Kier molecular flexibility index (Phi) is 6.50. The molecule has 4 aromatic rings. The summed E-state index contributed by atoms with van der Waals surface area (Å²) in [5.41, 5.74) is 0.160. The number of hydrogen-bond acceptors (Lipinski definition) is 5. The summed E-state index contributed by atoms with van der Waals surface area (Å²) in [6.07, 6.45) is 0. The number of carbonyl (C=O) groups is 2. The van der Waals surface area contributed by atoms with Crippen LogP contribution in [0.25, 0.3) is 21.0 Å². The highest BCUT2D eigenvalue weighted by molar-refractivity contribution is 7.21. The normalized spacial score (nSPS) is 12.2. The van der Waals surface area contributed by atoms with E-state index in [0.717, 1.165) is 27.4 Å². The van der Waals surface area contributed by atoms with Crippen molar-refractivity contribution in [2.75, 3.05) is 0 Å². The molecule has 6 nitrogen and oxygen atoms in total. The molecule has 0 saturated carbocycles. The van der Waals surface area contributed by atoms with Crippen molar-refractivity contribution in [1.82, 2.24) is 15.6 Å². The van der Waals surface area contributed by atoms with E-state index >= 15 is 0 Å². The molecule has 2 aromatic heterocycles. The average molecular weight is 470 g/mol. The van der Waals surface area contributed by atoms with Gasteiger partial charge in [-0.1, -0.05) is 32.0 Å². The molecule has 0 fully saturated rings. The first kappa shape index (κ1) is 22.6. The highest BCUT2D eigenvalue weighted by Crippen LogP contribution is 2.31. The molecule has 33 heavy (non-hydrogen) atoms. The van der Waals surface area contributed by atoms with E-state index in [4.69, 9.17) is 4.42 Å². The fraction of sp³-hybridized carbons (Fsp3) is 0.208. The number of benzene rings is 2. The maximum absolute atomic E-state index is 13.9. The average Bonchev–Trinajstić information content (AvgIpc) is 3.42. The number of hydrogen-bond donors (Lipinski definition) is 2. The quantitative estimate of drug-likeness (QED) is 0.403. The van der Waals surface area contributed by atoms with Crippen LogP contribution in [0.5, 0.6) is 0 Å². The summed E-state index contributed by atoms with van der Waals surface area (Å²) in [4.78, 5) is 29.7. The number of amides is 2. The third-order valence-electron chi connectivity index (χ3n) is 5.03. The zero-order chi connectivity index (χ0) is 23.5. The van der Waals surface area contributed by atoms with E-state index in [-0.39, 0.29) is 12.5 Å². The Morgan fingerprint density at radius 3 is 2.45 bits per heavy atom. The van der Waals surface area contributed by atoms with Gasteiger partial charge in [0.1, 0.15) is 29.0 Å². The van der Waals surface area contributed by atoms with Crippen molar-refractivity contribution in [2.24, 2.45) is 5.92 Å². The number of para-hydroxylation sites is 1. The first-order valence-electron chi connectivity index (χ1n) is 10.3. The van der Waals surface area contributed by atoms with E-state index in [1.807, 2.05) is 24.3 Å². The fourth-order valence-electron chi connectivity index (χ4n) is 3.31. The number of halogens is 2. The van der Waals surface area contributed by atoms with Gasteiger partial charge in [-0.15, -0.1) is 11.3 Å². The molecule has 4 rings (SSSR count). The Balaban J connectivity index is 1.42. The number of nitrogens with one attached hydrogen (secondary N) is 2. The van der Waals surface area contributed by atoms with Crippen molar-refractivity contribution >= 4 is 33.4 Å². The number of carbonyl (C=O) groups excluding carboxylic acids is 2. The molecule has 2 aromatic carbocycles. The highest BCUT2D eigenvalue weighted by Gasteiger charge is 2.27. The van der Waals surface area contributed by atoms with Gasteiger partial charge in [-0.25, -0.2) is 13.8 Å². The van der Waals surface area contributed by atoms with Crippen molar-refractivity contribution in [3.8, 4) is 10.8 Å². The predicted octanol–water partition coefficient (Wildman–Crippen LogP) is 4.91. The summed E-state index contributed by atoms with van der Waals surface area (Å²) < 4.78 is 34.7. The fourth-order valence-corrected chi connectivity index (χ4v) is 4.24. The van der Waals surface area contributed by atoms with E-state index in [2.05, 4.69) is 15.6 Å². The van der Waals surface area contributed by atoms with Crippen LogP contribution in [-0.2, 0) is 11.3 Å². The van der Waals surface area contributed by atoms with Crippen LogP contribution in [0, 0.1) is 17.6 Å². The maximum atomic E-state index is 13.9. The van der Waals surface area contributed by atoms with Gasteiger partial charge >= 0.3 is 0 Å². The minimum Gasteiger partial charge on any atom is -0.457 e. The lowest BCUT2D eigenvalue weighted by Gasteiger charge is -2.21. The Morgan fingerprint density at radius 2 is 1.76 bits per heavy atom. The Labute approximate surface area is 192 Å². The lowest BCUT2D eigenvalue weighted by molar-refractivity contribution is -0.124. The molecule has 0 unspecified atom stereocenters. The van der Waals surface area contributed by atoms with Crippen molar-refractivity contribution in [3.05, 3.63) is 77.6 Å². The second kappa shape index (κ2) is 9.50. The van der Waals surface area contributed by atoms with Gasteiger partial charge < -0.3 is 15.1 Å². The standard InChI is InChI=1S/C24H21F2N3O3S/c1-13(2)21(29-22(30)20-15(25)6-5-7-16(20)26)23(31)27-12-14-10-11-18(32-14)24-28-17-8-3-4-9-19(17)33-24/h3-11,13,21H,12H2,1-2H3,(H,27,31)(H,29,30)/t21-/m0/s1. The van der Waals surface area contributed by atoms with Crippen LogP contribution in [0.3, 0.4) is 0 Å². The predicted molar refractivity (Wildman–Crippen MR) is 122 cm³/mol. The molecule has 0 saturated heterocycles. The molecule has 9 heteroatoms. The number of nitrogens with zero attached hydrogens (tertiary/aromatic N) is 1. The molecule has 0 radical (unpaired) electrons. The number of thiazole rings is 1. The van der Waals surface area contributed by atoms with Crippen molar-refractivity contribution in [3.63, 3.8) is 0 Å². The van der Waals surface area contributed by atoms with Crippen LogP contribution >= 0.6 is 11.3 Å². The molecule has 2 heterocycles. The largest absolute Gasteiger partial charge is 0.457 e. The van der Waals surface area contributed by atoms with Gasteiger partial charge in [-0.3, -0.25) is 9.59 Å². The summed E-state index contributed by atoms with van der Waals surface area (Å²) in [5.74, 6) is -2.69. The third-order valence-corrected chi connectivity index (χ3v) is 6.08. The molecule has 0 aliphatic rings. The minimum absolute atomic E-state index is 0.0802. The smallest absolute Gasteiger partial charge is 0.257 e. The molecule has 0 bridgehead atoms. The minimum atomic E-state index is -0.992. The second-order valence-corrected chi connectivity index (χ2v) is 8.79. The van der Waals surface area contributed by atoms with E-state index < -0.39 is 35.1 Å². The van der Waals surface area contributed by atoms with E-state index in [1.54, 1.807) is 26.0 Å². The van der Waals surface area contributed by atoms with Gasteiger partial charge in [-0.05, 0) is 42.3 Å². The molecule has 0 spiro atoms. The molecular formula is C24H21F2N3O3S. The number of fused-ring (bicyclic) bond motifs is 1. The Hall–Kier alpha value is -3.59. The summed E-state index contributed by atoms with van der Waals surface area (Å²) in [6.45, 7) is 3.53. The Morgan fingerprint density at radius 1 is 1.03 bits per heavy atom. The second-order valence-electron chi connectivity index (χ2n) is 7.76. The Bertz CT molecular complexity index is 1260. The summed E-state index contributed by atoms with van der Waals surface area (Å²) in [5, 5.41) is 5.86. The molecule has 1 atom stereocenters. The molecular weight excluding hydrogens is 448 g/mol. The SMILES string of the molecule is CC(C)[C@H](NC(=O)c1c(F)cccc1F)C(=O)NCc1ccc(-c2nc3ccccc3s2)o1. The van der Waals surface area contributed by atoms with Gasteiger partial charge in [0, 0.05) is 0 Å². The first-order valence-corrected chi connectivity index (χ1v) is 11.1. The zero-order valence-electron chi connectivity index (χ0n) is 17.9. The van der Waals surface area contributed by atoms with Crippen LogP contribution in [0.2, 0.25) is 0 Å².